The molecule has 0 aliphatic rings. The van der Waals surface area contributed by atoms with Crippen LogP contribution in [0.3, 0.4) is 0 Å². The van der Waals surface area contributed by atoms with E-state index < -0.39 is 17.6 Å². The zero-order chi connectivity index (χ0) is 15.6. The Balaban J connectivity index is 2.26. The van der Waals surface area contributed by atoms with Crippen molar-refractivity contribution in [1.29, 1.82) is 0 Å². The highest BCUT2D eigenvalue weighted by molar-refractivity contribution is 9.10. The molecule has 0 radical (unpaired) electrons. The molecular formula is C14H11BrF4N2. The van der Waals surface area contributed by atoms with E-state index in [1.807, 2.05) is 0 Å². The summed E-state index contributed by atoms with van der Waals surface area (Å²) in [6.07, 6.45) is -4.53. The van der Waals surface area contributed by atoms with Crippen LogP contribution in [0.1, 0.15) is 11.1 Å². The van der Waals surface area contributed by atoms with Crippen molar-refractivity contribution in [3.05, 3.63) is 57.8 Å². The largest absolute Gasteiger partial charge is 0.418 e. The topological polar surface area (TPSA) is 38.0 Å². The molecule has 0 amide bonds. The molecule has 0 bridgehead atoms. The number of alkyl halides is 3. The number of nitrogen functional groups attached to an aromatic ring is 1. The Kier molecular flexibility index (Phi) is 4.41. The van der Waals surface area contributed by atoms with Crippen LogP contribution in [-0.2, 0) is 12.7 Å². The maximum absolute atomic E-state index is 13.6. The minimum Gasteiger partial charge on any atom is -0.399 e. The van der Waals surface area contributed by atoms with Gasteiger partial charge in [-0.2, -0.15) is 13.2 Å². The number of halogens is 5. The smallest absolute Gasteiger partial charge is 0.399 e. The van der Waals surface area contributed by atoms with E-state index in [-0.39, 0.29) is 23.5 Å². The van der Waals surface area contributed by atoms with Gasteiger partial charge in [-0.15, -0.1) is 0 Å². The fraction of sp³-hybridized carbons (Fsp3) is 0.143. The number of benzene rings is 2. The molecule has 7 heteroatoms. The highest BCUT2D eigenvalue weighted by atomic mass is 79.9. The molecule has 0 aliphatic carbocycles. The molecule has 0 heterocycles. The molecule has 2 aromatic carbocycles. The van der Waals surface area contributed by atoms with Crippen molar-refractivity contribution in [2.75, 3.05) is 11.1 Å². The summed E-state index contributed by atoms with van der Waals surface area (Å²) in [5.41, 5.74) is 4.64. The van der Waals surface area contributed by atoms with Gasteiger partial charge in [0.15, 0.2) is 0 Å². The van der Waals surface area contributed by atoms with E-state index >= 15 is 0 Å². The number of nitrogens with two attached hydrogens (primary N) is 1. The standard InChI is InChI=1S/C14H11BrF4N2/c15-9-1-3-12(16)8(5-9)7-21-13-4-2-10(20)6-11(13)14(17,18)19/h1-6,21H,7,20H2. The van der Waals surface area contributed by atoms with Gasteiger partial charge in [-0.1, -0.05) is 15.9 Å². The van der Waals surface area contributed by atoms with Crippen molar-refractivity contribution in [3.8, 4) is 0 Å². The number of hydrogen-bond donors (Lipinski definition) is 2. The van der Waals surface area contributed by atoms with Crippen LogP contribution in [-0.4, -0.2) is 0 Å². The Morgan fingerprint density at radius 1 is 1.10 bits per heavy atom. The summed E-state index contributed by atoms with van der Waals surface area (Å²) in [4.78, 5) is 0. The van der Waals surface area contributed by atoms with Gasteiger partial charge in [0.1, 0.15) is 5.82 Å². The number of rotatable bonds is 3. The van der Waals surface area contributed by atoms with Gasteiger partial charge in [0.25, 0.3) is 0 Å². The van der Waals surface area contributed by atoms with E-state index in [0.717, 1.165) is 6.07 Å². The van der Waals surface area contributed by atoms with E-state index in [0.29, 0.717) is 4.47 Å². The summed E-state index contributed by atoms with van der Waals surface area (Å²) in [6, 6.07) is 7.70. The Hall–Kier alpha value is -1.76. The Morgan fingerprint density at radius 3 is 2.48 bits per heavy atom. The summed E-state index contributed by atoms with van der Waals surface area (Å²) < 4.78 is 53.0. The van der Waals surface area contributed by atoms with Gasteiger partial charge in [0.05, 0.1) is 5.56 Å². The van der Waals surface area contributed by atoms with E-state index in [1.54, 1.807) is 0 Å². The maximum atomic E-state index is 13.6. The molecule has 0 saturated carbocycles. The van der Waals surface area contributed by atoms with Crippen LogP contribution in [0.25, 0.3) is 0 Å². The molecule has 2 rings (SSSR count). The molecule has 21 heavy (non-hydrogen) atoms. The second-order valence-electron chi connectivity index (χ2n) is 4.39. The molecule has 0 unspecified atom stereocenters. The van der Waals surface area contributed by atoms with E-state index in [2.05, 4.69) is 21.2 Å². The maximum Gasteiger partial charge on any atom is 0.418 e. The van der Waals surface area contributed by atoms with Crippen LogP contribution in [0.4, 0.5) is 28.9 Å². The summed E-state index contributed by atoms with van der Waals surface area (Å²) >= 11 is 3.19. The lowest BCUT2D eigenvalue weighted by atomic mass is 10.1. The van der Waals surface area contributed by atoms with Crippen LogP contribution in [0, 0.1) is 5.82 Å². The SMILES string of the molecule is Nc1ccc(NCc2cc(Br)ccc2F)c(C(F)(F)F)c1. The van der Waals surface area contributed by atoms with Gasteiger partial charge in [0, 0.05) is 28.0 Å². The van der Waals surface area contributed by atoms with E-state index in [1.165, 1.54) is 30.3 Å². The number of hydrogen-bond acceptors (Lipinski definition) is 2. The minimum absolute atomic E-state index is 0.0153. The average Bonchev–Trinajstić information content (AvgIpc) is 2.40. The van der Waals surface area contributed by atoms with Crippen LogP contribution in [0.2, 0.25) is 0 Å². The van der Waals surface area contributed by atoms with Gasteiger partial charge in [-0.25, -0.2) is 4.39 Å². The molecule has 0 saturated heterocycles. The number of nitrogens with one attached hydrogen (secondary N) is 1. The molecule has 0 fully saturated rings. The Bertz CT molecular complexity index is 656. The van der Waals surface area contributed by atoms with Crippen molar-refractivity contribution < 1.29 is 17.6 Å². The van der Waals surface area contributed by atoms with Crippen LogP contribution < -0.4 is 11.1 Å². The fourth-order valence-corrected chi connectivity index (χ4v) is 2.23. The first-order valence-corrected chi connectivity index (χ1v) is 6.71. The predicted octanol–water partition coefficient (Wildman–Crippen LogP) is 4.80. The monoisotopic (exact) mass is 362 g/mol. The second-order valence-corrected chi connectivity index (χ2v) is 5.31. The third-order valence-corrected chi connectivity index (χ3v) is 3.32. The Morgan fingerprint density at radius 2 is 1.81 bits per heavy atom. The molecule has 0 atom stereocenters. The van der Waals surface area contributed by atoms with Gasteiger partial charge in [0.2, 0.25) is 0 Å². The van der Waals surface area contributed by atoms with Gasteiger partial charge >= 0.3 is 6.18 Å². The first-order chi connectivity index (χ1) is 9.77. The predicted molar refractivity (Wildman–Crippen MR) is 77.3 cm³/mol. The molecule has 0 spiro atoms. The van der Waals surface area contributed by atoms with Gasteiger partial charge in [-0.05, 0) is 36.4 Å². The van der Waals surface area contributed by atoms with Crippen molar-refractivity contribution in [2.24, 2.45) is 0 Å². The van der Waals surface area contributed by atoms with E-state index in [4.69, 9.17) is 5.73 Å². The quantitative estimate of drug-likeness (QED) is 0.607. The third-order valence-electron chi connectivity index (χ3n) is 2.83. The lowest BCUT2D eigenvalue weighted by Crippen LogP contribution is -2.12. The molecule has 2 aromatic rings. The molecular weight excluding hydrogens is 352 g/mol. The minimum atomic E-state index is -4.53. The van der Waals surface area contributed by atoms with Crippen LogP contribution in [0.15, 0.2) is 40.9 Å². The highest BCUT2D eigenvalue weighted by Crippen LogP contribution is 2.36. The van der Waals surface area contributed by atoms with Crippen molar-refractivity contribution >= 4 is 27.3 Å². The molecule has 2 nitrogen and oxygen atoms in total. The summed E-state index contributed by atoms with van der Waals surface area (Å²) in [7, 11) is 0. The molecule has 0 aromatic heterocycles. The van der Waals surface area contributed by atoms with Crippen LogP contribution in [0.5, 0.6) is 0 Å². The van der Waals surface area contributed by atoms with Crippen molar-refractivity contribution in [1.82, 2.24) is 0 Å². The normalized spacial score (nSPS) is 11.5. The van der Waals surface area contributed by atoms with Crippen LogP contribution >= 0.6 is 15.9 Å². The van der Waals surface area contributed by atoms with Crippen molar-refractivity contribution in [2.45, 2.75) is 12.7 Å². The summed E-state index contributed by atoms with van der Waals surface area (Å²) in [6.45, 7) is -0.0712. The average molecular weight is 363 g/mol. The first kappa shape index (κ1) is 15.6. The van der Waals surface area contributed by atoms with Gasteiger partial charge in [-0.3, -0.25) is 0 Å². The molecule has 3 N–H and O–H groups in total. The third kappa shape index (κ3) is 3.87. The van der Waals surface area contributed by atoms with Crippen molar-refractivity contribution in [3.63, 3.8) is 0 Å². The fourth-order valence-electron chi connectivity index (χ4n) is 1.82. The zero-order valence-electron chi connectivity index (χ0n) is 10.6. The Labute approximate surface area is 127 Å². The zero-order valence-corrected chi connectivity index (χ0v) is 12.2. The summed E-state index contributed by atoms with van der Waals surface area (Å²) in [5.74, 6) is -0.491. The number of anilines is 2. The second kappa shape index (κ2) is 5.93. The van der Waals surface area contributed by atoms with Gasteiger partial charge < -0.3 is 11.1 Å². The first-order valence-electron chi connectivity index (χ1n) is 5.92. The van der Waals surface area contributed by atoms with E-state index in [9.17, 15) is 17.6 Å². The molecule has 0 aliphatic heterocycles. The molecule has 112 valence electrons. The highest BCUT2D eigenvalue weighted by Gasteiger charge is 2.33. The lowest BCUT2D eigenvalue weighted by Gasteiger charge is -2.15. The summed E-state index contributed by atoms with van der Waals surface area (Å²) in [5, 5.41) is 2.59. The lowest BCUT2D eigenvalue weighted by molar-refractivity contribution is -0.136.